The molecule has 11 aromatic heterocycles. The van der Waals surface area contributed by atoms with Gasteiger partial charge in [-0.2, -0.15) is 0 Å². The van der Waals surface area contributed by atoms with Gasteiger partial charge < -0.3 is 42.4 Å². The maximum atomic E-state index is 5.44. The zero-order valence-corrected chi connectivity index (χ0v) is 64.6. The molecule has 0 spiro atoms. The van der Waals surface area contributed by atoms with E-state index in [0.29, 0.717) is 23.7 Å². The number of aromatic nitrogens is 14. The summed E-state index contributed by atoms with van der Waals surface area (Å²) >= 11 is 0. The molecule has 22 rings (SSSR count). The van der Waals surface area contributed by atoms with E-state index in [1.807, 2.05) is 67.7 Å². The Bertz CT molecular complexity index is 6590. The normalized spacial score (nSPS) is 14.2. The quantitative estimate of drug-likeness (QED) is 0.0892. The third-order valence-corrected chi connectivity index (χ3v) is 22.8. The van der Waals surface area contributed by atoms with Gasteiger partial charge in [-0.15, -0.1) is 0 Å². The minimum Gasteiger partial charge on any atom is -0.361 e. The molecule has 18 nitrogen and oxygen atoms in total. The van der Waals surface area contributed by atoms with E-state index >= 15 is 0 Å². The first-order chi connectivity index (χ1) is 53.9. The molecule has 18 aromatic rings. The first-order valence-corrected chi connectivity index (χ1v) is 38.8. The number of benzene rings is 7. The molecule has 0 unspecified atom stereocenters. The average molecular weight is 1460 g/mol. The summed E-state index contributed by atoms with van der Waals surface area (Å²) in [6.07, 6.45) is 13.7. The van der Waals surface area contributed by atoms with Crippen molar-refractivity contribution in [3.8, 4) is 89.1 Å². The minimum absolute atomic E-state index is 0.559. The maximum absolute atomic E-state index is 5.44. The van der Waals surface area contributed by atoms with Crippen molar-refractivity contribution in [1.82, 2.24) is 69.9 Å². The molecule has 552 valence electrons. The first-order valence-electron chi connectivity index (χ1n) is 38.8. The van der Waals surface area contributed by atoms with Crippen molar-refractivity contribution in [1.29, 1.82) is 0 Å². The van der Waals surface area contributed by atoms with Crippen LogP contribution < -0.4 is 0 Å². The van der Waals surface area contributed by atoms with Crippen LogP contribution in [-0.2, 0) is 0 Å². The molecule has 0 radical (unpaired) electrons. The largest absolute Gasteiger partial charge is 0.361 e. The summed E-state index contributed by atoms with van der Waals surface area (Å²) in [7, 11) is 0. The van der Waals surface area contributed by atoms with Gasteiger partial charge in [-0.3, -0.25) is 4.98 Å². The monoisotopic (exact) mass is 1460 g/mol. The summed E-state index contributed by atoms with van der Waals surface area (Å²) in [5.74, 6) is 10.1. The van der Waals surface area contributed by atoms with Crippen LogP contribution in [0, 0.1) is 83.1 Å². The number of imidazole rings is 4. The van der Waals surface area contributed by atoms with E-state index in [2.05, 4.69) is 223 Å². The molecule has 0 saturated heterocycles. The molecular formula is C93H86N14O4. The Balaban J connectivity index is 0.0000001000. The Morgan fingerprint density at radius 2 is 0.730 bits per heavy atom. The van der Waals surface area contributed by atoms with Gasteiger partial charge in [0, 0.05) is 97.0 Å². The number of hydrogen-bond donors (Lipinski definition) is 4. The molecule has 4 aliphatic rings. The van der Waals surface area contributed by atoms with Gasteiger partial charge in [0.2, 0.25) is 0 Å². The van der Waals surface area contributed by atoms with Gasteiger partial charge in [-0.05, 0) is 258 Å². The Morgan fingerprint density at radius 1 is 0.333 bits per heavy atom. The second kappa shape index (κ2) is 27.2. The maximum Gasteiger partial charge on any atom is 0.141 e. The minimum atomic E-state index is 0.559. The number of H-pyrrole nitrogens is 4. The fourth-order valence-corrected chi connectivity index (χ4v) is 16.5. The number of nitrogens with one attached hydrogen (secondary N) is 4. The first kappa shape index (κ1) is 68.9. The Hall–Kier alpha value is -12.6. The SMILES string of the molecule is Cc1cc(C)cc(-c2cc(-c3c(C)noc3C)cc3[nH]c(C4CC4)nc23)c1.Cc1cccc(-c2cc(-c3c(C)noc3C)cc3[nH]c(C4CC4)nc23)c1C.Cc1noc(C)c1-c1cc(-c2ccc3ccccn23)c2nc(C3CC3)[nH]c2c1.Cc1noc(C)c1-c1cc(-c2cccc3cccnc23)c2nc(C3CC3)[nH]c2c1. The van der Waals surface area contributed by atoms with Crippen LogP contribution in [0.15, 0.2) is 176 Å². The summed E-state index contributed by atoms with van der Waals surface area (Å²) < 4.78 is 23.9. The molecule has 0 bridgehead atoms. The zero-order valence-electron chi connectivity index (χ0n) is 64.6. The predicted molar refractivity (Wildman–Crippen MR) is 439 cm³/mol. The number of fused-ring (bicyclic) bond motifs is 6. The summed E-state index contributed by atoms with van der Waals surface area (Å²) in [6, 6.07) is 51.8. The van der Waals surface area contributed by atoms with E-state index in [9.17, 15) is 0 Å². The molecule has 0 aliphatic heterocycles. The van der Waals surface area contributed by atoms with Crippen LogP contribution in [0.4, 0.5) is 0 Å². The number of aromatic amines is 4. The van der Waals surface area contributed by atoms with E-state index in [4.69, 9.17) is 38.0 Å². The molecule has 11 heterocycles. The van der Waals surface area contributed by atoms with Gasteiger partial charge in [0.05, 0.1) is 78.1 Å². The molecule has 18 heteroatoms. The fourth-order valence-electron chi connectivity index (χ4n) is 16.5. The molecule has 7 aromatic carbocycles. The Morgan fingerprint density at radius 3 is 1.17 bits per heavy atom. The lowest BCUT2D eigenvalue weighted by Crippen LogP contribution is -1.91. The molecule has 4 fully saturated rings. The second-order valence-corrected chi connectivity index (χ2v) is 31.3. The summed E-state index contributed by atoms with van der Waals surface area (Å²) in [5.41, 5.74) is 37.3. The number of aryl methyl sites for hydroxylation is 11. The van der Waals surface area contributed by atoms with Crippen molar-refractivity contribution in [2.45, 2.75) is 158 Å². The van der Waals surface area contributed by atoms with Crippen LogP contribution >= 0.6 is 0 Å². The van der Waals surface area contributed by atoms with Gasteiger partial charge in [0.25, 0.3) is 0 Å². The number of pyridine rings is 2. The smallest absolute Gasteiger partial charge is 0.141 e. The van der Waals surface area contributed by atoms with Crippen LogP contribution in [-0.4, -0.2) is 69.9 Å². The van der Waals surface area contributed by atoms with Crippen molar-refractivity contribution in [2.24, 2.45) is 0 Å². The highest BCUT2D eigenvalue weighted by molar-refractivity contribution is 6.05. The van der Waals surface area contributed by atoms with Gasteiger partial charge in [0.15, 0.2) is 0 Å². The molecule has 111 heavy (non-hydrogen) atoms. The number of para-hydroxylation sites is 1. The summed E-state index contributed by atoms with van der Waals surface area (Å²) in [5, 5.41) is 17.7. The molecule has 4 aliphatic carbocycles. The van der Waals surface area contributed by atoms with E-state index in [0.717, 1.165) is 197 Å². The van der Waals surface area contributed by atoms with E-state index in [1.165, 1.54) is 95.8 Å². The summed E-state index contributed by atoms with van der Waals surface area (Å²) in [6.45, 7) is 24.5. The van der Waals surface area contributed by atoms with Crippen molar-refractivity contribution in [3.63, 3.8) is 0 Å². The molecule has 4 N–H and O–H groups in total. The Labute approximate surface area is 641 Å². The standard InChI is InChI=1S/C24H20N4O.C23H20N4O.2C23H23N3O/c1-13-21(14(2)29-28-13)17-11-19(18-7-3-5-15-6-4-10-25-22(15)18)23-20(12-17)26-24(27-23)16-8-9-16;1-13-21(14(2)28-26-13)16-11-18(20-9-8-17-5-3-4-10-27(17)20)22-19(12-16)24-23(25-22)15-6-7-15;1-12-7-13(2)9-17(8-12)19-10-18(21-14(3)26-27-15(21)4)11-20-22(19)25-23(24-20)16-5-6-16;1-12-6-5-7-18(13(12)2)19-10-17(21-14(3)26-27-15(21)4)11-20-22(19)25-23(24-20)16-8-9-16/h3-7,10-12,16H,8-9H2,1-2H3,(H,26,27);3-5,8-12,15H,6-7H2,1-2H3,(H,24,25);7-11,16H,5-6H2,1-4H3,(H,24,25);5-7,10-11,16H,8-9H2,1-4H3,(H,24,25). The van der Waals surface area contributed by atoms with Crippen LogP contribution in [0.1, 0.15) is 166 Å². The molecule has 4 saturated carbocycles. The van der Waals surface area contributed by atoms with Crippen LogP contribution in [0.2, 0.25) is 0 Å². The molecular weight excluding hydrogens is 1380 g/mol. The number of rotatable bonds is 12. The fraction of sp³-hybridized carbons (Fsp3) is 0.258. The van der Waals surface area contributed by atoms with Crippen molar-refractivity contribution in [3.05, 3.63) is 249 Å². The predicted octanol–water partition coefficient (Wildman–Crippen LogP) is 23.6. The van der Waals surface area contributed by atoms with E-state index in [1.54, 1.807) is 0 Å². The number of hydrogen-bond acceptors (Lipinski definition) is 13. The van der Waals surface area contributed by atoms with Crippen LogP contribution in [0.3, 0.4) is 0 Å². The third kappa shape index (κ3) is 12.9. The third-order valence-electron chi connectivity index (χ3n) is 22.8. The van der Waals surface area contributed by atoms with Crippen molar-refractivity contribution in [2.75, 3.05) is 0 Å². The molecule has 0 atom stereocenters. The lowest BCUT2D eigenvalue weighted by atomic mass is 9.93. The second-order valence-electron chi connectivity index (χ2n) is 31.3. The number of nitrogens with zero attached hydrogens (tertiary/aromatic N) is 10. The average Bonchev–Trinajstić information content (AvgIpc) is 1.56. The zero-order chi connectivity index (χ0) is 75.8. The topological polar surface area (TPSA) is 236 Å². The van der Waals surface area contributed by atoms with Crippen molar-refractivity contribution >= 4 is 60.6 Å². The highest BCUT2D eigenvalue weighted by Crippen LogP contribution is 2.48. The van der Waals surface area contributed by atoms with Gasteiger partial charge in [0.1, 0.15) is 46.3 Å². The van der Waals surface area contributed by atoms with E-state index < -0.39 is 0 Å². The Kier molecular flexibility index (Phi) is 16.9. The van der Waals surface area contributed by atoms with Crippen LogP contribution in [0.25, 0.3) is 150 Å². The highest BCUT2D eigenvalue weighted by Gasteiger charge is 2.33. The van der Waals surface area contributed by atoms with Gasteiger partial charge in [-0.1, -0.05) is 98.5 Å². The lowest BCUT2D eigenvalue weighted by molar-refractivity contribution is 0.393. The lowest BCUT2D eigenvalue weighted by Gasteiger charge is -2.11. The molecule has 0 amide bonds. The van der Waals surface area contributed by atoms with Crippen molar-refractivity contribution < 1.29 is 18.1 Å². The highest BCUT2D eigenvalue weighted by atomic mass is 16.5. The van der Waals surface area contributed by atoms with E-state index in [-0.39, 0.29) is 0 Å². The van der Waals surface area contributed by atoms with Gasteiger partial charge >= 0.3 is 0 Å². The van der Waals surface area contributed by atoms with Crippen LogP contribution in [0.5, 0.6) is 0 Å². The van der Waals surface area contributed by atoms with Gasteiger partial charge in [-0.25, -0.2) is 19.9 Å². The summed E-state index contributed by atoms with van der Waals surface area (Å²) in [4.78, 5) is 39.0.